The second kappa shape index (κ2) is 5.22. The van der Waals surface area contributed by atoms with Crippen molar-refractivity contribution in [3.8, 4) is 0 Å². The molecule has 0 saturated carbocycles. The minimum atomic E-state index is -3.16. The summed E-state index contributed by atoms with van der Waals surface area (Å²) in [5.74, 6) is 0.171. The van der Waals surface area contributed by atoms with Gasteiger partial charge in [0.1, 0.15) is 0 Å². The molecular formula is C11H22N2O3S. The van der Waals surface area contributed by atoms with Gasteiger partial charge in [-0.25, -0.2) is 8.42 Å². The van der Waals surface area contributed by atoms with E-state index in [1.165, 1.54) is 0 Å². The maximum absolute atomic E-state index is 12.2. The molecule has 0 spiro atoms. The van der Waals surface area contributed by atoms with Crippen LogP contribution in [0.5, 0.6) is 0 Å². The molecule has 0 aromatic heterocycles. The standard InChI is InChI=1S/C11H22N2O3S/c1-2-12-5-6-17(15,16)13-9-3-4-10(13)8-11(14)7-9/h9-12,14H,2-8H2,1H3. The van der Waals surface area contributed by atoms with E-state index in [4.69, 9.17) is 0 Å². The van der Waals surface area contributed by atoms with E-state index in [2.05, 4.69) is 5.32 Å². The Labute approximate surface area is 103 Å². The molecule has 2 atom stereocenters. The summed E-state index contributed by atoms with van der Waals surface area (Å²) in [5, 5.41) is 12.7. The number of nitrogens with zero attached hydrogens (tertiary/aromatic N) is 1. The van der Waals surface area contributed by atoms with Gasteiger partial charge in [-0.2, -0.15) is 4.31 Å². The highest BCUT2D eigenvalue weighted by Gasteiger charge is 2.45. The van der Waals surface area contributed by atoms with Crippen LogP contribution < -0.4 is 5.32 Å². The molecule has 2 aliphatic rings. The van der Waals surface area contributed by atoms with Crippen molar-refractivity contribution in [1.82, 2.24) is 9.62 Å². The molecule has 2 N–H and O–H groups in total. The average Bonchev–Trinajstić information content (AvgIpc) is 2.53. The molecule has 2 bridgehead atoms. The van der Waals surface area contributed by atoms with Crippen molar-refractivity contribution in [2.75, 3.05) is 18.8 Å². The molecule has 0 radical (unpaired) electrons. The van der Waals surface area contributed by atoms with Crippen LogP contribution in [0.1, 0.15) is 32.6 Å². The Morgan fingerprint density at radius 2 is 1.88 bits per heavy atom. The molecule has 2 saturated heterocycles. The summed E-state index contributed by atoms with van der Waals surface area (Å²) in [6, 6.07) is 0.0748. The quantitative estimate of drug-likeness (QED) is 0.680. The van der Waals surface area contributed by atoms with Crippen molar-refractivity contribution in [3.63, 3.8) is 0 Å². The fraction of sp³-hybridized carbons (Fsp3) is 1.00. The Hall–Kier alpha value is -0.170. The first-order chi connectivity index (χ1) is 8.04. The fourth-order valence-corrected chi connectivity index (χ4v) is 4.95. The van der Waals surface area contributed by atoms with Gasteiger partial charge in [-0.1, -0.05) is 6.92 Å². The monoisotopic (exact) mass is 262 g/mol. The van der Waals surface area contributed by atoms with Gasteiger partial charge in [0.25, 0.3) is 0 Å². The molecule has 0 aromatic carbocycles. The summed E-state index contributed by atoms with van der Waals surface area (Å²) in [6.45, 7) is 3.27. The van der Waals surface area contributed by atoms with Gasteiger partial charge in [0.05, 0.1) is 11.9 Å². The largest absolute Gasteiger partial charge is 0.393 e. The zero-order valence-electron chi connectivity index (χ0n) is 10.3. The van der Waals surface area contributed by atoms with Crippen LogP contribution in [-0.2, 0) is 10.0 Å². The van der Waals surface area contributed by atoms with E-state index >= 15 is 0 Å². The first kappa shape index (κ1) is 13.3. The number of piperidine rings is 1. The topological polar surface area (TPSA) is 69.6 Å². The van der Waals surface area contributed by atoms with E-state index in [1.54, 1.807) is 4.31 Å². The molecule has 2 rings (SSSR count). The van der Waals surface area contributed by atoms with E-state index in [1.807, 2.05) is 6.92 Å². The van der Waals surface area contributed by atoms with Gasteiger partial charge in [-0.05, 0) is 32.2 Å². The van der Waals surface area contributed by atoms with Crippen LogP contribution in [0.4, 0.5) is 0 Å². The van der Waals surface area contributed by atoms with Gasteiger partial charge in [0.15, 0.2) is 0 Å². The number of rotatable bonds is 5. The number of nitrogens with one attached hydrogen (secondary N) is 1. The van der Waals surface area contributed by atoms with Crippen LogP contribution >= 0.6 is 0 Å². The SMILES string of the molecule is CCNCCS(=O)(=O)N1C2CCC1CC(O)C2. The molecule has 2 aliphatic heterocycles. The van der Waals surface area contributed by atoms with Gasteiger partial charge >= 0.3 is 0 Å². The molecule has 0 amide bonds. The third-order valence-corrected chi connectivity index (χ3v) is 5.71. The van der Waals surface area contributed by atoms with E-state index < -0.39 is 10.0 Å². The molecule has 0 aromatic rings. The number of hydrogen-bond donors (Lipinski definition) is 2. The van der Waals surface area contributed by atoms with Crippen molar-refractivity contribution < 1.29 is 13.5 Å². The van der Waals surface area contributed by atoms with Crippen LogP contribution in [-0.4, -0.2) is 54.9 Å². The van der Waals surface area contributed by atoms with E-state index in [0.717, 1.165) is 19.4 Å². The summed E-state index contributed by atoms with van der Waals surface area (Å²) in [7, 11) is -3.16. The molecule has 2 unspecified atom stereocenters. The predicted octanol–water partition coefficient (Wildman–Crippen LogP) is -0.0866. The molecule has 0 aliphatic carbocycles. The molecular weight excluding hydrogens is 240 g/mol. The Balaban J connectivity index is 2.02. The highest BCUT2D eigenvalue weighted by Crippen LogP contribution is 2.37. The Bertz CT molecular complexity index is 344. The predicted molar refractivity (Wildman–Crippen MR) is 66.2 cm³/mol. The highest BCUT2D eigenvalue weighted by molar-refractivity contribution is 7.89. The second-order valence-electron chi connectivity index (χ2n) is 5.01. The zero-order valence-corrected chi connectivity index (χ0v) is 11.1. The maximum Gasteiger partial charge on any atom is 0.215 e. The Morgan fingerprint density at radius 3 is 2.41 bits per heavy atom. The van der Waals surface area contributed by atoms with Crippen LogP contribution in [0.3, 0.4) is 0 Å². The Kier molecular flexibility index (Phi) is 4.07. The van der Waals surface area contributed by atoms with Crippen molar-refractivity contribution in [1.29, 1.82) is 0 Å². The van der Waals surface area contributed by atoms with Crippen LogP contribution in [0, 0.1) is 0 Å². The van der Waals surface area contributed by atoms with Gasteiger partial charge in [-0.3, -0.25) is 0 Å². The highest BCUT2D eigenvalue weighted by atomic mass is 32.2. The average molecular weight is 262 g/mol. The maximum atomic E-state index is 12.2. The summed E-state index contributed by atoms with van der Waals surface area (Å²) in [4.78, 5) is 0. The summed E-state index contributed by atoms with van der Waals surface area (Å²) in [6.07, 6.45) is 2.71. The van der Waals surface area contributed by atoms with Crippen LogP contribution in [0.25, 0.3) is 0 Å². The lowest BCUT2D eigenvalue weighted by atomic mass is 10.0. The van der Waals surface area contributed by atoms with Crippen LogP contribution in [0.2, 0.25) is 0 Å². The third-order valence-electron chi connectivity index (χ3n) is 3.75. The summed E-state index contributed by atoms with van der Waals surface area (Å²) >= 11 is 0. The molecule has 2 heterocycles. The molecule has 100 valence electrons. The second-order valence-corrected chi connectivity index (χ2v) is 7.00. The minimum absolute atomic E-state index is 0.0374. The van der Waals surface area contributed by atoms with Gasteiger partial charge in [0, 0.05) is 18.6 Å². The number of fused-ring (bicyclic) bond motifs is 2. The lowest BCUT2D eigenvalue weighted by Crippen LogP contribution is -2.49. The van der Waals surface area contributed by atoms with Gasteiger partial charge < -0.3 is 10.4 Å². The minimum Gasteiger partial charge on any atom is -0.393 e. The van der Waals surface area contributed by atoms with Gasteiger partial charge in [0.2, 0.25) is 10.0 Å². The van der Waals surface area contributed by atoms with E-state index in [-0.39, 0.29) is 23.9 Å². The molecule has 6 heteroatoms. The fourth-order valence-electron chi connectivity index (χ4n) is 3.04. The Morgan fingerprint density at radius 1 is 1.29 bits per heavy atom. The summed E-state index contributed by atoms with van der Waals surface area (Å²) < 4.78 is 26.1. The summed E-state index contributed by atoms with van der Waals surface area (Å²) in [5.41, 5.74) is 0. The van der Waals surface area contributed by atoms with Gasteiger partial charge in [-0.15, -0.1) is 0 Å². The van der Waals surface area contributed by atoms with Crippen molar-refractivity contribution >= 4 is 10.0 Å². The normalized spacial score (nSPS) is 34.1. The van der Waals surface area contributed by atoms with E-state index in [9.17, 15) is 13.5 Å². The number of sulfonamides is 1. The number of aliphatic hydroxyl groups excluding tert-OH is 1. The lowest BCUT2D eigenvalue weighted by Gasteiger charge is -2.36. The lowest BCUT2D eigenvalue weighted by molar-refractivity contribution is 0.0769. The number of aliphatic hydroxyl groups is 1. The third kappa shape index (κ3) is 2.81. The first-order valence-electron chi connectivity index (χ1n) is 6.44. The molecule has 5 nitrogen and oxygen atoms in total. The zero-order chi connectivity index (χ0) is 12.5. The van der Waals surface area contributed by atoms with Crippen molar-refractivity contribution in [2.45, 2.75) is 50.8 Å². The van der Waals surface area contributed by atoms with Crippen molar-refractivity contribution in [2.24, 2.45) is 0 Å². The van der Waals surface area contributed by atoms with Crippen LogP contribution in [0.15, 0.2) is 0 Å². The molecule has 2 fully saturated rings. The number of hydrogen-bond acceptors (Lipinski definition) is 4. The molecule has 17 heavy (non-hydrogen) atoms. The smallest absolute Gasteiger partial charge is 0.215 e. The van der Waals surface area contributed by atoms with Crippen molar-refractivity contribution in [3.05, 3.63) is 0 Å². The van der Waals surface area contributed by atoms with E-state index in [0.29, 0.717) is 19.4 Å². The first-order valence-corrected chi connectivity index (χ1v) is 8.05.